The standard InChI is InChI=1S/C42H41N4O6P/c1-6-42-24-49-37(38(42)52-53(50-22-10-21-43)46(25(2)3)26(4)5)40(51-42)45-23-29(39(47)44-41(45)48)18-17-27-19-20-34-32-15-8-12-28-11-7-14-31(35(28)32)33-16-9-13-30(27)36(33)34/h7-9,11-16,19-20,23,25-26,37-38,40H,6,10,22,24H2,1-5H3,(H,44,47,48)/t37?,38-,40+,42+,53?/m0/s1. The second kappa shape index (κ2) is 14.0. The molecule has 0 radical (unpaired) electrons. The second-order valence-electron chi connectivity index (χ2n) is 14.3. The minimum absolute atomic E-state index is 0.105. The number of nitrogens with zero attached hydrogens (tertiary/aromatic N) is 3. The molecule has 2 bridgehead atoms. The van der Waals surface area contributed by atoms with E-state index < -0.39 is 43.8 Å². The Morgan fingerprint density at radius 3 is 2.25 bits per heavy atom. The van der Waals surface area contributed by atoms with Crippen LogP contribution in [0.2, 0.25) is 0 Å². The Hall–Kier alpha value is -4.64. The molecule has 0 spiro atoms. The van der Waals surface area contributed by atoms with Crippen molar-refractivity contribution < 1.29 is 18.5 Å². The van der Waals surface area contributed by atoms with E-state index in [0.29, 0.717) is 6.42 Å². The van der Waals surface area contributed by atoms with Crippen molar-refractivity contribution >= 4 is 51.6 Å². The summed E-state index contributed by atoms with van der Waals surface area (Å²) >= 11 is 0. The first-order valence-electron chi connectivity index (χ1n) is 18.2. The number of aromatic nitrogens is 2. The van der Waals surface area contributed by atoms with Crippen molar-refractivity contribution in [2.24, 2.45) is 0 Å². The summed E-state index contributed by atoms with van der Waals surface area (Å²) < 4.78 is 29.4. The predicted octanol–water partition coefficient (Wildman–Crippen LogP) is 7.72. The van der Waals surface area contributed by atoms with Gasteiger partial charge in [0, 0.05) is 23.8 Å². The molecule has 2 aliphatic heterocycles. The van der Waals surface area contributed by atoms with Crippen LogP contribution in [0.5, 0.6) is 0 Å². The van der Waals surface area contributed by atoms with Crippen LogP contribution in [0.15, 0.2) is 82.5 Å². The molecule has 5 atom stereocenters. The summed E-state index contributed by atoms with van der Waals surface area (Å²) in [4.78, 5) is 29.1. The van der Waals surface area contributed by atoms with E-state index in [-0.39, 0.29) is 37.3 Å². The van der Waals surface area contributed by atoms with Gasteiger partial charge in [-0.15, -0.1) is 0 Å². The zero-order valence-corrected chi connectivity index (χ0v) is 31.3. The molecule has 53 heavy (non-hydrogen) atoms. The molecule has 1 aromatic heterocycles. The van der Waals surface area contributed by atoms with Crippen LogP contribution in [0.4, 0.5) is 0 Å². The van der Waals surface area contributed by atoms with Crippen LogP contribution in [-0.4, -0.2) is 57.3 Å². The number of benzene rings is 5. The fraction of sp³-hybridized carbons (Fsp3) is 0.357. The summed E-state index contributed by atoms with van der Waals surface area (Å²) in [6.45, 7) is 10.8. The number of fused-ring (bicyclic) bond motifs is 4. The number of hydrogen-bond acceptors (Lipinski definition) is 8. The SMILES string of the molecule is CC[C@]12COC([C@H](n3cc(C#Cc4ccc5c6cccc7cccc(c8cccc4c85)c76)c(=O)[nH]c3=O)O1)[C@@H]2OP(OCCC#N)N(C(C)C)C(C)C. The molecule has 0 amide bonds. The molecule has 3 heterocycles. The second-order valence-corrected chi connectivity index (χ2v) is 15.7. The third kappa shape index (κ3) is 5.91. The van der Waals surface area contributed by atoms with Gasteiger partial charge >= 0.3 is 5.69 Å². The van der Waals surface area contributed by atoms with Gasteiger partial charge in [0.15, 0.2) is 6.23 Å². The Bertz CT molecular complexity index is 2520. The van der Waals surface area contributed by atoms with E-state index in [0.717, 1.165) is 27.1 Å². The summed E-state index contributed by atoms with van der Waals surface area (Å²) in [5, 5.41) is 18.4. The van der Waals surface area contributed by atoms with Gasteiger partial charge in [-0.1, -0.05) is 79.4 Å². The minimum Gasteiger partial charge on any atom is -0.368 e. The number of aromatic amines is 1. The summed E-state index contributed by atoms with van der Waals surface area (Å²) in [5.41, 5.74) is -1.15. The van der Waals surface area contributed by atoms with Crippen LogP contribution >= 0.6 is 8.53 Å². The Labute approximate surface area is 308 Å². The number of rotatable bonds is 10. The van der Waals surface area contributed by atoms with Crippen LogP contribution in [0.3, 0.4) is 0 Å². The predicted molar refractivity (Wildman–Crippen MR) is 208 cm³/mol. The van der Waals surface area contributed by atoms with Crippen LogP contribution in [-0.2, 0) is 18.5 Å². The van der Waals surface area contributed by atoms with E-state index in [1.807, 2.05) is 19.1 Å². The number of nitrogens with one attached hydrogen (secondary N) is 1. The Morgan fingerprint density at radius 1 is 0.925 bits per heavy atom. The number of H-pyrrole nitrogens is 1. The molecule has 2 aliphatic rings. The fourth-order valence-electron chi connectivity index (χ4n) is 8.15. The molecule has 0 saturated carbocycles. The molecule has 6 aromatic rings. The summed E-state index contributed by atoms with van der Waals surface area (Å²) in [6.07, 6.45) is 0.169. The largest absolute Gasteiger partial charge is 0.368 e. The van der Waals surface area contributed by atoms with Crippen LogP contribution in [0.1, 0.15) is 64.8 Å². The lowest BCUT2D eigenvalue weighted by atomic mass is 9.88. The Balaban J connectivity index is 1.16. The highest BCUT2D eigenvalue weighted by atomic mass is 31.2. The van der Waals surface area contributed by atoms with Crippen molar-refractivity contribution in [2.45, 2.75) is 83.6 Å². The molecular formula is C42H41N4O6P. The monoisotopic (exact) mass is 728 g/mol. The van der Waals surface area contributed by atoms with Gasteiger partial charge in [-0.3, -0.25) is 14.3 Å². The summed E-state index contributed by atoms with van der Waals surface area (Å²) in [6, 6.07) is 25.5. The molecule has 2 fully saturated rings. The topological polar surface area (TPSA) is 119 Å². The lowest BCUT2D eigenvalue weighted by Crippen LogP contribution is -2.43. The van der Waals surface area contributed by atoms with Gasteiger partial charge in [-0.05, 0) is 83.3 Å². The van der Waals surface area contributed by atoms with Crippen molar-refractivity contribution in [1.82, 2.24) is 14.2 Å². The zero-order valence-electron chi connectivity index (χ0n) is 30.4. The lowest BCUT2D eigenvalue weighted by Gasteiger charge is -2.38. The molecule has 2 unspecified atom stereocenters. The van der Waals surface area contributed by atoms with Gasteiger partial charge in [-0.2, -0.15) is 5.26 Å². The van der Waals surface area contributed by atoms with Gasteiger partial charge in [0.1, 0.15) is 23.4 Å². The smallest absolute Gasteiger partial charge is 0.330 e. The summed E-state index contributed by atoms with van der Waals surface area (Å²) in [7, 11) is -1.60. The van der Waals surface area contributed by atoms with Crippen LogP contribution in [0, 0.1) is 23.2 Å². The van der Waals surface area contributed by atoms with E-state index in [9.17, 15) is 14.9 Å². The summed E-state index contributed by atoms with van der Waals surface area (Å²) in [5.74, 6) is 6.33. The molecule has 5 aromatic carbocycles. The fourth-order valence-corrected chi connectivity index (χ4v) is 9.96. The number of nitriles is 1. The van der Waals surface area contributed by atoms with Crippen LogP contribution < -0.4 is 11.2 Å². The van der Waals surface area contributed by atoms with Crippen LogP contribution in [0.25, 0.3) is 43.1 Å². The van der Waals surface area contributed by atoms with Crippen molar-refractivity contribution in [3.05, 3.63) is 105 Å². The highest BCUT2D eigenvalue weighted by Gasteiger charge is 2.63. The van der Waals surface area contributed by atoms with E-state index in [1.165, 1.54) is 32.3 Å². The van der Waals surface area contributed by atoms with Crippen molar-refractivity contribution in [2.75, 3.05) is 13.2 Å². The van der Waals surface area contributed by atoms with E-state index in [4.69, 9.17) is 18.5 Å². The van der Waals surface area contributed by atoms with Gasteiger partial charge in [0.05, 0.1) is 25.7 Å². The lowest BCUT2D eigenvalue weighted by molar-refractivity contribution is -0.175. The van der Waals surface area contributed by atoms with Gasteiger partial charge < -0.3 is 18.5 Å². The maximum absolute atomic E-state index is 13.4. The van der Waals surface area contributed by atoms with Gasteiger partial charge in [0.25, 0.3) is 14.1 Å². The maximum Gasteiger partial charge on any atom is 0.330 e. The van der Waals surface area contributed by atoms with E-state index >= 15 is 0 Å². The quantitative estimate of drug-likeness (QED) is 0.0501. The minimum atomic E-state index is -1.60. The van der Waals surface area contributed by atoms with Gasteiger partial charge in [0.2, 0.25) is 0 Å². The first kappa shape index (κ1) is 35.4. The molecule has 11 heteroatoms. The first-order chi connectivity index (χ1) is 25.7. The van der Waals surface area contributed by atoms with Crippen molar-refractivity contribution in [3.8, 4) is 17.9 Å². The molecule has 0 aliphatic carbocycles. The Kier molecular flexibility index (Phi) is 9.33. The molecule has 1 N–H and O–H groups in total. The zero-order chi connectivity index (χ0) is 37.0. The number of hydrogen-bond donors (Lipinski definition) is 1. The highest BCUT2D eigenvalue weighted by molar-refractivity contribution is 7.44. The number of ether oxygens (including phenoxy) is 2. The van der Waals surface area contributed by atoms with E-state index in [1.54, 1.807) is 0 Å². The molecule has 270 valence electrons. The third-order valence-electron chi connectivity index (χ3n) is 10.5. The first-order valence-corrected chi connectivity index (χ1v) is 19.3. The average molecular weight is 729 g/mol. The Morgan fingerprint density at radius 2 is 1.57 bits per heavy atom. The molecule has 8 rings (SSSR count). The van der Waals surface area contributed by atoms with Gasteiger partial charge in [-0.25, -0.2) is 9.46 Å². The van der Waals surface area contributed by atoms with Crippen molar-refractivity contribution in [3.63, 3.8) is 0 Å². The third-order valence-corrected chi connectivity index (χ3v) is 12.6. The molecule has 2 saturated heterocycles. The average Bonchev–Trinajstić information content (AvgIpc) is 3.65. The molecular weight excluding hydrogens is 687 g/mol. The van der Waals surface area contributed by atoms with E-state index in [2.05, 4.69) is 110 Å². The maximum atomic E-state index is 13.4. The molecule has 10 nitrogen and oxygen atoms in total. The highest BCUT2D eigenvalue weighted by Crippen LogP contribution is 2.56. The van der Waals surface area contributed by atoms with Crippen molar-refractivity contribution in [1.29, 1.82) is 5.26 Å². The normalized spacial score (nSPS) is 21.8.